The van der Waals surface area contributed by atoms with Gasteiger partial charge in [-0.2, -0.15) is 0 Å². The van der Waals surface area contributed by atoms with Gasteiger partial charge in [-0.15, -0.1) is 0 Å². The van der Waals surface area contributed by atoms with Gasteiger partial charge in [-0.1, -0.05) is 41.5 Å². The summed E-state index contributed by atoms with van der Waals surface area (Å²) in [6.45, 7) is 14.5. The van der Waals surface area contributed by atoms with E-state index < -0.39 is 0 Å². The monoisotopic (exact) mass is 337 g/mol. The minimum Gasteiger partial charge on any atom is -0.461 e. The van der Waals surface area contributed by atoms with Crippen LogP contribution in [0.1, 0.15) is 58.4 Å². The van der Waals surface area contributed by atoms with Crippen molar-refractivity contribution in [1.82, 2.24) is 4.98 Å². The van der Waals surface area contributed by atoms with Gasteiger partial charge in [0.25, 0.3) is 0 Å². The van der Waals surface area contributed by atoms with Gasteiger partial charge >= 0.3 is 0 Å². The van der Waals surface area contributed by atoms with Crippen LogP contribution >= 0.6 is 0 Å². The van der Waals surface area contributed by atoms with E-state index in [1.807, 2.05) is 37.4 Å². The molecule has 2 heterocycles. The molecule has 0 spiro atoms. The molecule has 0 atom stereocenters. The Morgan fingerprint density at radius 3 is 2.04 bits per heavy atom. The molecule has 2 aromatic heterocycles. The molecule has 0 amide bonds. The highest BCUT2D eigenvalue weighted by Gasteiger charge is 2.25. The first-order valence-corrected chi connectivity index (χ1v) is 8.76. The fourth-order valence-electron chi connectivity index (χ4n) is 3.19. The molecule has 25 heavy (non-hydrogen) atoms. The summed E-state index contributed by atoms with van der Waals surface area (Å²) >= 11 is 0. The fourth-order valence-corrected chi connectivity index (χ4v) is 3.19. The first kappa shape index (κ1) is 17.5. The highest BCUT2D eigenvalue weighted by atomic mass is 16.3. The van der Waals surface area contributed by atoms with Gasteiger partial charge in [-0.25, -0.2) is 0 Å². The summed E-state index contributed by atoms with van der Waals surface area (Å²) in [5.74, 6) is 1.69. The van der Waals surface area contributed by atoms with Crippen molar-refractivity contribution in [3.63, 3.8) is 0 Å². The third kappa shape index (κ3) is 3.15. The van der Waals surface area contributed by atoms with Gasteiger partial charge in [0.15, 0.2) is 5.43 Å². The molecule has 3 heteroatoms. The van der Waals surface area contributed by atoms with Crippen molar-refractivity contribution in [2.24, 2.45) is 0 Å². The highest BCUT2D eigenvalue weighted by molar-refractivity contribution is 5.94. The summed E-state index contributed by atoms with van der Waals surface area (Å²) in [6.07, 6.45) is 1.96. The average Bonchev–Trinajstić information content (AvgIpc) is 3.01. The number of fused-ring (bicyclic) bond motifs is 1. The van der Waals surface area contributed by atoms with Crippen molar-refractivity contribution >= 4 is 10.9 Å². The Bertz CT molecular complexity index is 992. The van der Waals surface area contributed by atoms with Crippen LogP contribution in [0.4, 0.5) is 0 Å². The number of aromatic amines is 1. The fraction of sp³-hybridized carbons (Fsp3) is 0.409. The average molecular weight is 337 g/mol. The Morgan fingerprint density at radius 1 is 0.920 bits per heavy atom. The lowest BCUT2D eigenvalue weighted by Gasteiger charge is -2.21. The lowest BCUT2D eigenvalue weighted by molar-refractivity contribution is 0.549. The van der Waals surface area contributed by atoms with Gasteiger partial charge in [0.1, 0.15) is 11.5 Å². The summed E-state index contributed by atoms with van der Waals surface area (Å²) in [6, 6.07) is 7.98. The van der Waals surface area contributed by atoms with Gasteiger partial charge in [0, 0.05) is 33.8 Å². The van der Waals surface area contributed by atoms with Gasteiger partial charge < -0.3 is 9.40 Å². The Morgan fingerprint density at radius 2 is 1.52 bits per heavy atom. The standard InChI is InChI=1S/C22H27NO2/c1-13-8-9-19(25-13)15-12-23-18-11-17(22(5,6)7)20(24)16(10-14(15)18)21(2,3)4/h8-12,23H,1-7H3. The normalized spacial score (nSPS) is 12.8. The molecular weight excluding hydrogens is 310 g/mol. The maximum atomic E-state index is 13.3. The van der Waals surface area contributed by atoms with E-state index in [0.717, 1.165) is 39.1 Å². The second-order valence-corrected chi connectivity index (χ2v) is 8.89. The number of hydrogen-bond acceptors (Lipinski definition) is 2. The number of aromatic nitrogens is 1. The Balaban J connectivity index is 2.45. The van der Waals surface area contributed by atoms with Crippen LogP contribution in [-0.4, -0.2) is 4.98 Å². The van der Waals surface area contributed by atoms with Gasteiger partial charge in [-0.05, 0) is 42.0 Å². The van der Waals surface area contributed by atoms with E-state index in [-0.39, 0.29) is 16.3 Å². The molecule has 0 saturated heterocycles. The highest BCUT2D eigenvalue weighted by Crippen LogP contribution is 2.33. The van der Waals surface area contributed by atoms with Crippen LogP contribution in [0, 0.1) is 6.92 Å². The molecule has 0 radical (unpaired) electrons. The van der Waals surface area contributed by atoms with E-state index in [2.05, 4.69) is 46.5 Å². The zero-order chi connectivity index (χ0) is 18.6. The van der Waals surface area contributed by atoms with Gasteiger partial charge in [0.05, 0.1) is 0 Å². The first-order valence-electron chi connectivity index (χ1n) is 8.76. The number of aryl methyl sites for hydroxylation is 1. The molecule has 1 aromatic carbocycles. The molecule has 3 rings (SSSR count). The third-order valence-corrected chi connectivity index (χ3v) is 4.64. The molecule has 3 nitrogen and oxygen atoms in total. The van der Waals surface area contributed by atoms with Crippen molar-refractivity contribution in [2.45, 2.75) is 59.3 Å². The van der Waals surface area contributed by atoms with Crippen LogP contribution in [0.25, 0.3) is 22.2 Å². The number of rotatable bonds is 1. The smallest absolute Gasteiger partial charge is 0.186 e. The quantitative estimate of drug-likeness (QED) is 0.620. The Kier molecular flexibility index (Phi) is 3.94. The van der Waals surface area contributed by atoms with Crippen molar-refractivity contribution in [3.8, 4) is 11.3 Å². The van der Waals surface area contributed by atoms with Crippen LogP contribution in [0.15, 0.2) is 39.7 Å². The lowest BCUT2D eigenvalue weighted by Crippen LogP contribution is -2.28. The van der Waals surface area contributed by atoms with Crippen LogP contribution in [0.3, 0.4) is 0 Å². The zero-order valence-corrected chi connectivity index (χ0v) is 16.2. The molecule has 0 aliphatic rings. The van der Waals surface area contributed by atoms with Crippen LogP contribution in [-0.2, 0) is 10.8 Å². The topological polar surface area (TPSA) is 46.0 Å². The van der Waals surface area contributed by atoms with E-state index in [1.54, 1.807) is 0 Å². The molecule has 0 saturated carbocycles. The third-order valence-electron chi connectivity index (χ3n) is 4.64. The molecular formula is C22H27NO2. The Labute approximate surface area is 149 Å². The largest absolute Gasteiger partial charge is 0.461 e. The van der Waals surface area contributed by atoms with Crippen molar-refractivity contribution in [1.29, 1.82) is 0 Å². The van der Waals surface area contributed by atoms with E-state index in [4.69, 9.17) is 4.42 Å². The molecule has 0 aliphatic carbocycles. The molecule has 132 valence electrons. The van der Waals surface area contributed by atoms with E-state index >= 15 is 0 Å². The van der Waals surface area contributed by atoms with Crippen LogP contribution in [0.2, 0.25) is 0 Å². The first-order chi connectivity index (χ1) is 11.5. The molecule has 1 N–H and O–H groups in total. The lowest BCUT2D eigenvalue weighted by atomic mass is 9.82. The summed E-state index contributed by atoms with van der Waals surface area (Å²) < 4.78 is 5.82. The summed E-state index contributed by atoms with van der Waals surface area (Å²) in [5, 5.41) is 1.02. The van der Waals surface area contributed by atoms with Crippen LogP contribution < -0.4 is 5.43 Å². The minimum atomic E-state index is -0.239. The van der Waals surface area contributed by atoms with Crippen molar-refractivity contribution in [2.75, 3.05) is 0 Å². The predicted octanol–water partition coefficient (Wildman–Crippen LogP) is 5.69. The molecule has 0 unspecified atom stereocenters. The SMILES string of the molecule is Cc1ccc(-c2c[nH]c3cc(C(C)(C)C)c(=O)c(C(C)(C)C)cc23)o1. The molecule has 0 bridgehead atoms. The second-order valence-electron chi connectivity index (χ2n) is 8.89. The van der Waals surface area contributed by atoms with Crippen molar-refractivity contribution < 1.29 is 4.42 Å². The number of hydrogen-bond donors (Lipinski definition) is 1. The molecule has 0 aliphatic heterocycles. The summed E-state index contributed by atoms with van der Waals surface area (Å²) in [7, 11) is 0. The van der Waals surface area contributed by atoms with Crippen molar-refractivity contribution in [3.05, 3.63) is 57.6 Å². The second kappa shape index (κ2) is 5.62. The minimum absolute atomic E-state index is 0.131. The summed E-state index contributed by atoms with van der Waals surface area (Å²) in [5.41, 5.74) is 3.27. The number of H-pyrrole nitrogens is 1. The maximum absolute atomic E-state index is 13.3. The maximum Gasteiger partial charge on any atom is 0.186 e. The Hall–Kier alpha value is -2.29. The van der Waals surface area contributed by atoms with Crippen LogP contribution in [0.5, 0.6) is 0 Å². The van der Waals surface area contributed by atoms with E-state index in [0.29, 0.717) is 0 Å². The van der Waals surface area contributed by atoms with Gasteiger partial charge in [-0.3, -0.25) is 4.79 Å². The summed E-state index contributed by atoms with van der Waals surface area (Å²) in [4.78, 5) is 16.6. The zero-order valence-electron chi connectivity index (χ0n) is 16.2. The van der Waals surface area contributed by atoms with Gasteiger partial charge in [0.2, 0.25) is 0 Å². The predicted molar refractivity (Wildman–Crippen MR) is 104 cm³/mol. The molecule has 0 fully saturated rings. The van der Waals surface area contributed by atoms with E-state index in [9.17, 15) is 4.79 Å². The molecule has 3 aromatic rings. The number of furan rings is 1. The van der Waals surface area contributed by atoms with E-state index in [1.165, 1.54) is 0 Å². The number of nitrogens with one attached hydrogen (secondary N) is 1.